The number of aliphatic hydroxyl groups excluding tert-OH is 4. The molecule has 0 unspecified atom stereocenters. The van der Waals surface area contributed by atoms with Crippen molar-refractivity contribution >= 4 is 6.29 Å². The first kappa shape index (κ1) is 11.3. The lowest BCUT2D eigenvalue weighted by molar-refractivity contribution is -0.161. The molecular formula is C8H14O6. The predicted molar refractivity (Wildman–Crippen MR) is 46.3 cm³/mol. The van der Waals surface area contributed by atoms with E-state index < -0.39 is 30.5 Å². The minimum atomic E-state index is -2.49. The Kier molecular flexibility index (Phi) is 4.18. The highest BCUT2D eigenvalue weighted by Crippen LogP contribution is 2.19. The van der Waals surface area contributed by atoms with Crippen molar-refractivity contribution in [1.82, 2.24) is 0 Å². The van der Waals surface area contributed by atoms with Gasteiger partial charge in [0.2, 0.25) is 0 Å². The Morgan fingerprint density at radius 2 is 2.07 bits per heavy atom. The van der Waals surface area contributed by atoms with Crippen LogP contribution in [-0.2, 0) is 4.79 Å². The summed E-state index contributed by atoms with van der Waals surface area (Å²) in [7, 11) is 0. The van der Waals surface area contributed by atoms with E-state index >= 15 is 0 Å². The van der Waals surface area contributed by atoms with Crippen LogP contribution < -0.4 is 0 Å². The van der Waals surface area contributed by atoms with Crippen LogP contribution in [0.15, 0.2) is 12.6 Å². The highest BCUT2D eigenvalue weighted by atomic mass is 16.4. The Bertz CT molecular complexity index is 233. The van der Waals surface area contributed by atoms with Crippen LogP contribution in [0.5, 0.6) is 0 Å². The maximum atomic E-state index is 10.3. The minimum absolute atomic E-state index is 0.0483. The van der Waals surface area contributed by atoms with Gasteiger partial charge in [-0.05, 0) is 0 Å². The first-order chi connectivity index (χ1) is 6.93. The van der Waals surface area contributed by atoms with Crippen LogP contribution in [0.2, 0.25) is 0 Å². The molecule has 0 saturated carbocycles. The van der Waals surface area contributed by atoms with Crippen LogP contribution in [0.4, 0.5) is 0 Å². The molecule has 0 rings (SSSR count). The van der Waals surface area contributed by atoms with Gasteiger partial charge in [-0.25, -0.2) is 0 Å². The molecule has 14 heavy (non-hydrogen) atoms. The number of aliphatic hydroxyl groups is 5. The summed E-state index contributed by atoms with van der Waals surface area (Å²) < 4.78 is 6.70. The standard InChI is InChI=1S/C8H14O6/c1-2-8(14,6(12)4-10)7(13)5(11)3-9/h2,4-7,9,11-14H,1,3H2/t5-,6+,7-,8-/m1/s1/i1D. The van der Waals surface area contributed by atoms with Gasteiger partial charge >= 0.3 is 0 Å². The Balaban J connectivity index is 5.00. The number of aldehydes is 1. The fraction of sp³-hybridized carbons (Fsp3) is 0.625. The van der Waals surface area contributed by atoms with E-state index in [2.05, 4.69) is 0 Å². The van der Waals surface area contributed by atoms with Crippen LogP contribution in [0, 0.1) is 0 Å². The second-order valence-corrected chi connectivity index (χ2v) is 2.83. The van der Waals surface area contributed by atoms with Gasteiger partial charge in [0.15, 0.2) is 6.29 Å². The SMILES string of the molecule is [2H]C=C[C@](O)([C@H](O)[C@H](O)CO)[C@@H](O)C=O. The van der Waals surface area contributed by atoms with E-state index in [1.54, 1.807) is 0 Å². The fourth-order valence-corrected chi connectivity index (χ4v) is 0.889. The predicted octanol–water partition coefficient (Wildman–Crippen LogP) is -2.82. The van der Waals surface area contributed by atoms with Gasteiger partial charge < -0.3 is 30.3 Å². The average Bonchev–Trinajstić information content (AvgIpc) is 2.25. The number of carbonyl (C=O) groups excluding carboxylic acids is 1. The van der Waals surface area contributed by atoms with Crippen molar-refractivity contribution in [2.75, 3.05) is 6.61 Å². The van der Waals surface area contributed by atoms with E-state index in [0.29, 0.717) is 12.6 Å². The van der Waals surface area contributed by atoms with Crippen LogP contribution >= 0.6 is 0 Å². The summed E-state index contributed by atoms with van der Waals surface area (Å²) >= 11 is 0. The average molecular weight is 207 g/mol. The first-order valence-corrected chi connectivity index (χ1v) is 3.82. The van der Waals surface area contributed by atoms with Gasteiger partial charge in [-0.2, -0.15) is 0 Å². The van der Waals surface area contributed by atoms with Crippen LogP contribution in [-0.4, -0.2) is 62.3 Å². The molecule has 6 nitrogen and oxygen atoms in total. The van der Waals surface area contributed by atoms with Crippen molar-refractivity contribution in [2.24, 2.45) is 0 Å². The lowest BCUT2D eigenvalue weighted by Crippen LogP contribution is -2.56. The van der Waals surface area contributed by atoms with Crippen molar-refractivity contribution in [3.8, 4) is 0 Å². The van der Waals surface area contributed by atoms with Crippen LogP contribution in [0.3, 0.4) is 0 Å². The third-order valence-corrected chi connectivity index (χ3v) is 1.89. The number of carbonyl (C=O) groups is 1. The molecule has 0 aromatic rings. The molecule has 0 aliphatic heterocycles. The number of hydrogen-bond donors (Lipinski definition) is 5. The zero-order valence-electron chi connectivity index (χ0n) is 8.32. The Hall–Kier alpha value is -0.790. The zero-order valence-corrected chi connectivity index (χ0v) is 7.32. The minimum Gasteiger partial charge on any atom is -0.394 e. The quantitative estimate of drug-likeness (QED) is 0.237. The molecule has 5 N–H and O–H groups in total. The number of rotatable bonds is 6. The van der Waals surface area contributed by atoms with Gasteiger partial charge in [-0.15, -0.1) is 6.55 Å². The van der Waals surface area contributed by atoms with Crippen molar-refractivity contribution in [3.05, 3.63) is 12.6 Å². The first-order valence-electron chi connectivity index (χ1n) is 4.40. The molecule has 0 aliphatic carbocycles. The van der Waals surface area contributed by atoms with Crippen molar-refractivity contribution in [3.63, 3.8) is 0 Å². The third-order valence-electron chi connectivity index (χ3n) is 1.89. The van der Waals surface area contributed by atoms with Crippen LogP contribution in [0.25, 0.3) is 0 Å². The van der Waals surface area contributed by atoms with E-state index in [-0.39, 0.29) is 6.29 Å². The molecule has 0 aliphatic rings. The lowest BCUT2D eigenvalue weighted by atomic mass is 9.88. The molecule has 0 saturated heterocycles. The third kappa shape index (κ3) is 2.37. The Morgan fingerprint density at radius 1 is 1.50 bits per heavy atom. The lowest BCUT2D eigenvalue weighted by Gasteiger charge is -2.33. The van der Waals surface area contributed by atoms with Gasteiger partial charge in [0.05, 0.1) is 7.98 Å². The molecular weight excluding hydrogens is 192 g/mol. The molecule has 0 fully saturated rings. The smallest absolute Gasteiger partial charge is 0.151 e. The highest BCUT2D eigenvalue weighted by Gasteiger charge is 2.43. The molecule has 0 spiro atoms. The van der Waals surface area contributed by atoms with E-state index in [0.717, 1.165) is 0 Å². The second kappa shape index (κ2) is 5.18. The molecule has 6 heteroatoms. The maximum Gasteiger partial charge on any atom is 0.151 e. The molecule has 0 bridgehead atoms. The van der Waals surface area contributed by atoms with Gasteiger partial charge in [-0.1, -0.05) is 6.08 Å². The molecule has 0 aromatic carbocycles. The molecule has 0 heterocycles. The maximum absolute atomic E-state index is 10.3. The highest BCUT2D eigenvalue weighted by molar-refractivity contribution is 5.59. The number of hydrogen-bond acceptors (Lipinski definition) is 6. The zero-order chi connectivity index (χ0) is 12.1. The van der Waals surface area contributed by atoms with Crippen molar-refractivity contribution in [2.45, 2.75) is 23.9 Å². The Morgan fingerprint density at radius 3 is 2.43 bits per heavy atom. The largest absolute Gasteiger partial charge is 0.394 e. The normalized spacial score (nSPS) is 23.6. The molecule has 0 aromatic heterocycles. The summed E-state index contributed by atoms with van der Waals surface area (Å²) in [5.41, 5.74) is -2.49. The van der Waals surface area contributed by atoms with E-state index in [1.165, 1.54) is 0 Å². The molecule has 4 atom stereocenters. The fourth-order valence-electron chi connectivity index (χ4n) is 0.889. The summed E-state index contributed by atoms with van der Waals surface area (Å²) in [5.74, 6) is 0. The van der Waals surface area contributed by atoms with Crippen molar-refractivity contribution < 1.29 is 31.7 Å². The van der Waals surface area contributed by atoms with Crippen molar-refractivity contribution in [1.29, 1.82) is 0 Å². The van der Waals surface area contributed by atoms with E-state index in [1.807, 2.05) is 0 Å². The van der Waals surface area contributed by atoms with Gasteiger partial charge in [0.25, 0.3) is 0 Å². The molecule has 0 amide bonds. The second-order valence-electron chi connectivity index (χ2n) is 2.83. The molecule has 82 valence electrons. The molecule has 0 radical (unpaired) electrons. The Labute approximate surface area is 82.1 Å². The van der Waals surface area contributed by atoms with Gasteiger partial charge in [0, 0.05) is 0 Å². The monoisotopic (exact) mass is 207 g/mol. The van der Waals surface area contributed by atoms with Gasteiger partial charge in [0.1, 0.15) is 23.9 Å². The summed E-state index contributed by atoms with van der Waals surface area (Å²) in [6, 6.07) is 0. The summed E-state index contributed by atoms with van der Waals surface area (Å²) in [6.45, 7) is -0.305. The van der Waals surface area contributed by atoms with E-state index in [4.69, 9.17) is 16.7 Å². The summed E-state index contributed by atoms with van der Waals surface area (Å²) in [6.07, 6.45) is -5.12. The summed E-state index contributed by atoms with van der Waals surface area (Å²) in [5, 5.41) is 45.7. The van der Waals surface area contributed by atoms with Gasteiger partial charge in [-0.3, -0.25) is 0 Å². The van der Waals surface area contributed by atoms with Crippen LogP contribution in [0.1, 0.15) is 1.37 Å². The van der Waals surface area contributed by atoms with E-state index in [9.17, 15) is 15.0 Å². The topological polar surface area (TPSA) is 118 Å². The summed E-state index contributed by atoms with van der Waals surface area (Å²) in [4.78, 5) is 10.3.